The molecule has 128 valence electrons. The number of fused-ring (bicyclic) bond motifs is 1. The van der Waals surface area contributed by atoms with Crippen molar-refractivity contribution in [1.82, 2.24) is 19.8 Å². The Morgan fingerprint density at radius 1 is 1.04 bits per heavy atom. The molecule has 4 nitrogen and oxygen atoms in total. The van der Waals surface area contributed by atoms with E-state index in [-0.39, 0.29) is 0 Å². The molecule has 2 aromatic rings. The van der Waals surface area contributed by atoms with Crippen molar-refractivity contribution in [2.45, 2.75) is 38.1 Å². The van der Waals surface area contributed by atoms with Crippen molar-refractivity contribution in [1.29, 1.82) is 0 Å². The highest BCUT2D eigenvalue weighted by Gasteiger charge is 2.28. The molecule has 2 aromatic heterocycles. The Balaban J connectivity index is 1.54. The minimum absolute atomic E-state index is 0.672. The van der Waals surface area contributed by atoms with Crippen LogP contribution >= 0.6 is 0 Å². The molecular weight excluding hydrogens is 296 g/mol. The number of hydrogen-bond acceptors (Lipinski definition) is 4. The molecule has 1 atom stereocenters. The molecule has 2 fully saturated rings. The van der Waals surface area contributed by atoms with Crippen molar-refractivity contribution in [3.8, 4) is 0 Å². The van der Waals surface area contributed by atoms with Gasteiger partial charge >= 0.3 is 0 Å². The predicted molar refractivity (Wildman–Crippen MR) is 98.1 cm³/mol. The summed E-state index contributed by atoms with van der Waals surface area (Å²) >= 11 is 0. The lowest BCUT2D eigenvalue weighted by atomic mass is 9.97. The van der Waals surface area contributed by atoms with Crippen LogP contribution in [0.25, 0.3) is 11.0 Å². The highest BCUT2D eigenvalue weighted by molar-refractivity contribution is 5.77. The van der Waals surface area contributed by atoms with E-state index in [2.05, 4.69) is 38.9 Å². The molecule has 1 aliphatic carbocycles. The molecule has 3 heterocycles. The van der Waals surface area contributed by atoms with Crippen molar-refractivity contribution < 1.29 is 0 Å². The summed E-state index contributed by atoms with van der Waals surface area (Å²) in [6.07, 6.45) is 10.6. The quantitative estimate of drug-likeness (QED) is 0.869. The minimum Gasteiger partial charge on any atom is -0.305 e. The van der Waals surface area contributed by atoms with Gasteiger partial charge in [0.1, 0.15) is 0 Å². The summed E-state index contributed by atoms with van der Waals surface area (Å²) in [5, 5.41) is 0. The fraction of sp³-hybridized carbons (Fsp3) is 0.600. The van der Waals surface area contributed by atoms with E-state index in [0.717, 1.165) is 23.5 Å². The second-order valence-electron chi connectivity index (χ2n) is 7.61. The molecule has 0 N–H and O–H groups in total. The Bertz CT molecular complexity index is 675. The third-order valence-corrected chi connectivity index (χ3v) is 5.76. The molecule has 0 spiro atoms. The number of pyridine rings is 2. The van der Waals surface area contributed by atoms with Crippen LogP contribution in [0.2, 0.25) is 0 Å². The van der Waals surface area contributed by atoms with Crippen LogP contribution < -0.4 is 0 Å². The lowest BCUT2D eigenvalue weighted by Crippen LogP contribution is -2.38. The van der Waals surface area contributed by atoms with Gasteiger partial charge in [0.05, 0.1) is 11.0 Å². The third kappa shape index (κ3) is 3.45. The summed E-state index contributed by atoms with van der Waals surface area (Å²) in [6.45, 7) is 4.83. The van der Waals surface area contributed by atoms with Crippen LogP contribution in [0, 0.1) is 5.92 Å². The maximum Gasteiger partial charge on any atom is 0.0918 e. The van der Waals surface area contributed by atoms with Gasteiger partial charge in [-0.2, -0.15) is 0 Å². The average molecular weight is 324 g/mol. The van der Waals surface area contributed by atoms with Gasteiger partial charge in [-0.3, -0.25) is 14.9 Å². The van der Waals surface area contributed by atoms with Gasteiger partial charge < -0.3 is 4.90 Å². The van der Waals surface area contributed by atoms with Crippen molar-refractivity contribution in [3.05, 3.63) is 36.2 Å². The monoisotopic (exact) mass is 324 g/mol. The summed E-state index contributed by atoms with van der Waals surface area (Å²) in [7, 11) is 2.27. The molecule has 1 saturated carbocycles. The third-order valence-electron chi connectivity index (χ3n) is 5.76. The van der Waals surface area contributed by atoms with Crippen LogP contribution in [0.1, 0.15) is 31.2 Å². The summed E-state index contributed by atoms with van der Waals surface area (Å²) in [5.74, 6) is 0.672. The van der Waals surface area contributed by atoms with E-state index in [1.165, 1.54) is 57.4 Å². The summed E-state index contributed by atoms with van der Waals surface area (Å²) in [6, 6.07) is 7.03. The zero-order valence-electron chi connectivity index (χ0n) is 14.7. The molecule has 4 rings (SSSR count). The number of rotatable bonds is 3. The zero-order valence-corrected chi connectivity index (χ0v) is 14.7. The van der Waals surface area contributed by atoms with E-state index in [4.69, 9.17) is 0 Å². The Labute approximate surface area is 144 Å². The average Bonchev–Trinajstić information content (AvgIpc) is 3.07. The summed E-state index contributed by atoms with van der Waals surface area (Å²) < 4.78 is 0. The van der Waals surface area contributed by atoms with Crippen LogP contribution in [0.4, 0.5) is 0 Å². The number of nitrogens with zero attached hydrogens (tertiary/aromatic N) is 4. The molecule has 1 aliphatic heterocycles. The maximum atomic E-state index is 4.60. The molecule has 0 radical (unpaired) electrons. The minimum atomic E-state index is 0.672. The standard InChI is InChI=1S/C20H28N4/c1-23-11-12-24(18-5-2-3-6-18)15-16(14-23)13-17-8-10-21-19-7-4-9-22-20(17)19/h4,7-10,16,18H,2-3,5-6,11-15H2,1H3/t16-/m1/s1. The normalized spacial score (nSPS) is 24.5. The first kappa shape index (κ1) is 16.0. The molecular formula is C20H28N4. The van der Waals surface area contributed by atoms with Crippen molar-refractivity contribution in [2.75, 3.05) is 33.2 Å². The SMILES string of the molecule is CN1CCN(C2CCCC2)C[C@H](Cc2ccnc3cccnc23)C1. The highest BCUT2D eigenvalue weighted by atomic mass is 15.2. The summed E-state index contributed by atoms with van der Waals surface area (Å²) in [5.41, 5.74) is 3.45. The van der Waals surface area contributed by atoms with E-state index in [0.29, 0.717) is 5.92 Å². The largest absolute Gasteiger partial charge is 0.305 e. The van der Waals surface area contributed by atoms with Crippen LogP contribution in [0.5, 0.6) is 0 Å². The van der Waals surface area contributed by atoms with Gasteiger partial charge in [-0.05, 0) is 56.0 Å². The lowest BCUT2D eigenvalue weighted by molar-refractivity contribution is 0.187. The maximum absolute atomic E-state index is 4.60. The number of hydrogen-bond donors (Lipinski definition) is 0. The molecule has 0 unspecified atom stereocenters. The van der Waals surface area contributed by atoms with Crippen molar-refractivity contribution in [3.63, 3.8) is 0 Å². The van der Waals surface area contributed by atoms with Gasteiger partial charge in [0.15, 0.2) is 0 Å². The molecule has 0 aromatic carbocycles. The zero-order chi connectivity index (χ0) is 16.4. The van der Waals surface area contributed by atoms with E-state index in [1.807, 2.05) is 18.5 Å². The first-order chi connectivity index (χ1) is 11.8. The first-order valence-electron chi connectivity index (χ1n) is 9.41. The second-order valence-corrected chi connectivity index (χ2v) is 7.61. The lowest BCUT2D eigenvalue weighted by Gasteiger charge is -2.29. The number of likely N-dealkylation sites (N-methyl/N-ethyl adjacent to an activating group) is 1. The molecule has 2 aliphatic rings. The number of aromatic nitrogens is 2. The predicted octanol–water partition coefficient (Wildman–Crippen LogP) is 2.98. The smallest absolute Gasteiger partial charge is 0.0918 e. The van der Waals surface area contributed by atoms with Crippen molar-refractivity contribution >= 4 is 11.0 Å². The fourth-order valence-corrected chi connectivity index (χ4v) is 4.55. The van der Waals surface area contributed by atoms with Crippen LogP contribution in [0.3, 0.4) is 0 Å². The Morgan fingerprint density at radius 2 is 1.92 bits per heavy atom. The van der Waals surface area contributed by atoms with E-state index >= 15 is 0 Å². The van der Waals surface area contributed by atoms with E-state index in [1.54, 1.807) is 0 Å². The van der Waals surface area contributed by atoms with Crippen molar-refractivity contribution in [2.24, 2.45) is 5.92 Å². The Hall–Kier alpha value is -1.52. The first-order valence-corrected chi connectivity index (χ1v) is 9.41. The molecule has 24 heavy (non-hydrogen) atoms. The van der Waals surface area contributed by atoms with Gasteiger partial charge in [-0.25, -0.2) is 0 Å². The highest BCUT2D eigenvalue weighted by Crippen LogP contribution is 2.27. The second kappa shape index (κ2) is 7.16. The van der Waals surface area contributed by atoms with Gasteiger partial charge in [0.2, 0.25) is 0 Å². The molecule has 0 bridgehead atoms. The van der Waals surface area contributed by atoms with Gasteiger partial charge in [-0.1, -0.05) is 12.8 Å². The topological polar surface area (TPSA) is 32.3 Å². The molecule has 4 heteroatoms. The molecule has 0 amide bonds. The Morgan fingerprint density at radius 3 is 2.79 bits per heavy atom. The van der Waals surface area contributed by atoms with Gasteiger partial charge in [-0.15, -0.1) is 0 Å². The van der Waals surface area contributed by atoms with Gasteiger partial charge in [0.25, 0.3) is 0 Å². The molecule has 1 saturated heterocycles. The fourth-order valence-electron chi connectivity index (χ4n) is 4.55. The summed E-state index contributed by atoms with van der Waals surface area (Å²) in [4.78, 5) is 14.3. The van der Waals surface area contributed by atoms with Crippen LogP contribution in [-0.4, -0.2) is 59.0 Å². The van der Waals surface area contributed by atoms with Crippen LogP contribution in [-0.2, 0) is 6.42 Å². The van der Waals surface area contributed by atoms with E-state index < -0.39 is 0 Å². The Kier molecular flexibility index (Phi) is 4.76. The van der Waals surface area contributed by atoms with Crippen LogP contribution in [0.15, 0.2) is 30.6 Å². The van der Waals surface area contributed by atoms with Gasteiger partial charge in [0, 0.05) is 44.6 Å². The van der Waals surface area contributed by atoms with E-state index in [9.17, 15) is 0 Å².